The number of carbonyl (C=O) groups excluding carboxylic acids is 2. The summed E-state index contributed by atoms with van der Waals surface area (Å²) in [7, 11) is 3.42. The lowest BCUT2D eigenvalue weighted by molar-refractivity contribution is 0.0776. The Hall–Kier alpha value is -4.87. The van der Waals surface area contributed by atoms with Crippen molar-refractivity contribution in [2.24, 2.45) is 5.92 Å². The van der Waals surface area contributed by atoms with E-state index in [9.17, 15) is 9.59 Å². The van der Waals surface area contributed by atoms with Crippen molar-refractivity contribution in [1.82, 2.24) is 34.8 Å². The number of imidazole rings is 1. The van der Waals surface area contributed by atoms with Crippen LogP contribution in [0.25, 0.3) is 22.3 Å². The summed E-state index contributed by atoms with van der Waals surface area (Å²) in [5, 5.41) is 10.7. The highest BCUT2D eigenvalue weighted by molar-refractivity contribution is 5.98. The Morgan fingerprint density at radius 3 is 2.53 bits per heavy atom. The molecule has 1 aliphatic heterocycles. The van der Waals surface area contributed by atoms with Gasteiger partial charge in [-0.2, -0.15) is 15.4 Å². The average Bonchev–Trinajstić information content (AvgIpc) is 3.82. The van der Waals surface area contributed by atoms with Crippen molar-refractivity contribution in [3.63, 3.8) is 0 Å². The number of hydrogen-bond donors (Lipinski definition) is 1. The van der Waals surface area contributed by atoms with E-state index < -0.39 is 0 Å². The molecule has 256 valence electrons. The quantitative estimate of drug-likeness (QED) is 0.112. The van der Waals surface area contributed by atoms with Crippen molar-refractivity contribution >= 4 is 22.7 Å². The zero-order valence-corrected chi connectivity index (χ0v) is 28.5. The maximum Gasteiger partial charge on any atom is 0.257 e. The number of amides is 1. The van der Waals surface area contributed by atoms with Gasteiger partial charge in [0.1, 0.15) is 11.4 Å². The number of ketones is 1. The molecule has 1 atom stereocenters. The molecule has 49 heavy (non-hydrogen) atoms. The lowest BCUT2D eigenvalue weighted by Crippen LogP contribution is -2.39. The van der Waals surface area contributed by atoms with Gasteiger partial charge in [-0.25, -0.2) is 4.98 Å². The third-order valence-electron chi connectivity index (χ3n) is 9.54. The van der Waals surface area contributed by atoms with E-state index in [2.05, 4.69) is 32.4 Å². The second kappa shape index (κ2) is 16.0. The molecule has 0 spiro atoms. The fraction of sp³-hybridized carbons (Fsp3) is 0.395. The number of aromatic nitrogens is 5. The summed E-state index contributed by atoms with van der Waals surface area (Å²) in [6.07, 6.45) is 4.10. The lowest BCUT2D eigenvalue weighted by Gasteiger charge is -2.33. The highest BCUT2D eigenvalue weighted by atomic mass is 16.5. The molecule has 0 bridgehead atoms. The number of fused-ring (bicyclic) bond motifs is 1. The van der Waals surface area contributed by atoms with Gasteiger partial charge in [0.15, 0.2) is 5.82 Å². The monoisotopic (exact) mass is 663 g/mol. The van der Waals surface area contributed by atoms with Gasteiger partial charge in [0.25, 0.3) is 5.91 Å². The van der Waals surface area contributed by atoms with Crippen LogP contribution < -0.4 is 4.74 Å². The zero-order valence-electron chi connectivity index (χ0n) is 28.5. The molecule has 1 saturated heterocycles. The minimum Gasteiger partial charge on any atom is -0.496 e. The number of aromatic amines is 1. The van der Waals surface area contributed by atoms with Crippen LogP contribution in [0.2, 0.25) is 0 Å². The molecule has 6 rings (SSSR count). The number of likely N-dealkylation sites (N-methyl/N-ethyl adjacent to an activating group) is 1. The smallest absolute Gasteiger partial charge is 0.257 e. The molecule has 0 aliphatic carbocycles. The molecule has 11 heteroatoms. The van der Waals surface area contributed by atoms with Crippen LogP contribution in [0.4, 0.5) is 0 Å². The number of Topliss-reactive ketones (excluding diaryl/α,β-unsaturated/α-hetero) is 1. The maximum absolute atomic E-state index is 13.8. The van der Waals surface area contributed by atoms with Crippen LogP contribution in [0.5, 0.6) is 5.75 Å². The Labute approximate surface area is 287 Å². The number of H-pyrrole nitrogens is 1. The SMILES string of the molecule is CCOCCn1c(C(=O)C2CCN(CCC(CN(C)C(=O)c3cc(-c4cn[nH]n4)ccc3OC)c3ccccc3)CC2)nc2ccccc21. The molecular formula is C38H45N7O4. The number of rotatable bonds is 15. The fourth-order valence-electron chi connectivity index (χ4n) is 6.81. The summed E-state index contributed by atoms with van der Waals surface area (Å²) in [5.74, 6) is 1.13. The molecule has 1 fully saturated rings. The largest absolute Gasteiger partial charge is 0.496 e. The summed E-state index contributed by atoms with van der Waals surface area (Å²) in [6.45, 7) is 6.88. The van der Waals surface area contributed by atoms with Crippen molar-refractivity contribution in [2.45, 2.75) is 38.6 Å². The summed E-state index contributed by atoms with van der Waals surface area (Å²) in [4.78, 5) is 36.7. The van der Waals surface area contributed by atoms with Gasteiger partial charge < -0.3 is 23.8 Å². The summed E-state index contributed by atoms with van der Waals surface area (Å²) in [5.41, 5.74) is 4.94. The van der Waals surface area contributed by atoms with Crippen LogP contribution in [0, 0.1) is 5.92 Å². The molecule has 0 saturated carbocycles. The minimum atomic E-state index is -0.116. The average molecular weight is 664 g/mol. The number of benzene rings is 3. The van der Waals surface area contributed by atoms with E-state index in [-0.39, 0.29) is 23.5 Å². The molecule has 1 unspecified atom stereocenters. The number of likely N-dealkylation sites (tertiary alicyclic amines) is 1. The fourth-order valence-corrected chi connectivity index (χ4v) is 6.81. The first-order valence-electron chi connectivity index (χ1n) is 17.1. The van der Waals surface area contributed by atoms with Gasteiger partial charge >= 0.3 is 0 Å². The number of piperidine rings is 1. The second-order valence-corrected chi connectivity index (χ2v) is 12.6. The van der Waals surface area contributed by atoms with Gasteiger partial charge in [0, 0.05) is 44.1 Å². The standard InChI is InChI=1S/C38H45N7O4/c1-4-49-23-22-45-34-13-9-8-12-32(34)40-37(45)36(46)28-16-19-44(20-17-28)21-18-30(27-10-6-5-7-11-27)26-43(2)38(47)31-24-29(14-15-35(31)48-3)33-25-39-42-41-33/h5-15,24-25,28,30H,4,16-23,26H2,1-3H3,(H,39,41,42). The third-order valence-corrected chi connectivity index (χ3v) is 9.54. The van der Waals surface area contributed by atoms with Crippen LogP contribution >= 0.6 is 0 Å². The minimum absolute atomic E-state index is 0.0597. The number of nitrogens with zero attached hydrogens (tertiary/aromatic N) is 6. The van der Waals surface area contributed by atoms with Gasteiger partial charge in [0.05, 0.1) is 36.5 Å². The lowest BCUT2D eigenvalue weighted by atomic mass is 9.90. The number of para-hydroxylation sites is 2. The van der Waals surface area contributed by atoms with Crippen molar-refractivity contribution in [2.75, 3.05) is 53.6 Å². The van der Waals surface area contributed by atoms with E-state index in [0.29, 0.717) is 49.1 Å². The van der Waals surface area contributed by atoms with E-state index in [0.717, 1.165) is 55.5 Å². The molecule has 11 nitrogen and oxygen atoms in total. The Balaban J connectivity index is 1.10. The van der Waals surface area contributed by atoms with Crippen molar-refractivity contribution in [1.29, 1.82) is 0 Å². The van der Waals surface area contributed by atoms with E-state index in [1.807, 2.05) is 73.1 Å². The number of hydrogen-bond acceptors (Lipinski definition) is 8. The van der Waals surface area contributed by atoms with Gasteiger partial charge in [0.2, 0.25) is 5.78 Å². The van der Waals surface area contributed by atoms with Gasteiger partial charge in [-0.15, -0.1) is 0 Å². The molecule has 1 aliphatic rings. The summed E-state index contributed by atoms with van der Waals surface area (Å²) < 4.78 is 13.2. The van der Waals surface area contributed by atoms with E-state index in [1.54, 1.807) is 24.3 Å². The van der Waals surface area contributed by atoms with Crippen molar-refractivity contribution in [3.05, 3.63) is 95.9 Å². The van der Waals surface area contributed by atoms with Gasteiger partial charge in [-0.3, -0.25) is 9.59 Å². The molecule has 0 radical (unpaired) electrons. The highest BCUT2D eigenvalue weighted by Gasteiger charge is 2.30. The first-order valence-corrected chi connectivity index (χ1v) is 17.1. The van der Waals surface area contributed by atoms with Crippen molar-refractivity contribution < 1.29 is 19.1 Å². The normalized spacial score (nSPS) is 14.6. The number of nitrogens with one attached hydrogen (secondary N) is 1. The molecule has 1 N–H and O–H groups in total. The predicted octanol–water partition coefficient (Wildman–Crippen LogP) is 5.71. The number of ether oxygens (including phenoxy) is 2. The Morgan fingerprint density at radius 2 is 1.80 bits per heavy atom. The first-order chi connectivity index (χ1) is 24.0. The Bertz CT molecular complexity index is 1830. The zero-order chi connectivity index (χ0) is 34.2. The predicted molar refractivity (Wildman–Crippen MR) is 189 cm³/mol. The van der Waals surface area contributed by atoms with Crippen LogP contribution in [0.15, 0.2) is 79.0 Å². The second-order valence-electron chi connectivity index (χ2n) is 12.6. The molecular weight excluding hydrogens is 618 g/mol. The van der Waals surface area contributed by atoms with Crippen LogP contribution in [0.3, 0.4) is 0 Å². The highest BCUT2D eigenvalue weighted by Crippen LogP contribution is 2.29. The number of carbonyl (C=O) groups is 2. The summed E-state index contributed by atoms with van der Waals surface area (Å²) >= 11 is 0. The molecule has 2 aromatic heterocycles. The van der Waals surface area contributed by atoms with E-state index >= 15 is 0 Å². The van der Waals surface area contributed by atoms with Crippen LogP contribution in [-0.2, 0) is 11.3 Å². The molecule has 1 amide bonds. The van der Waals surface area contributed by atoms with Crippen LogP contribution in [-0.4, -0.2) is 100 Å². The molecule has 5 aromatic rings. The topological polar surface area (TPSA) is 118 Å². The molecule has 3 heterocycles. The van der Waals surface area contributed by atoms with Gasteiger partial charge in [-0.1, -0.05) is 42.5 Å². The van der Waals surface area contributed by atoms with E-state index in [4.69, 9.17) is 14.5 Å². The van der Waals surface area contributed by atoms with Crippen molar-refractivity contribution in [3.8, 4) is 17.0 Å². The van der Waals surface area contributed by atoms with Crippen LogP contribution in [0.1, 0.15) is 58.6 Å². The Morgan fingerprint density at radius 1 is 1.02 bits per heavy atom. The molecule has 3 aromatic carbocycles. The maximum atomic E-state index is 13.8. The number of methoxy groups -OCH3 is 1. The first kappa shape index (κ1) is 34.0. The third kappa shape index (κ3) is 7.90. The Kier molecular flexibility index (Phi) is 11.1. The van der Waals surface area contributed by atoms with Gasteiger partial charge in [-0.05, 0) is 81.7 Å². The summed E-state index contributed by atoms with van der Waals surface area (Å²) in [6, 6.07) is 23.8. The van der Waals surface area contributed by atoms with E-state index in [1.165, 1.54) is 5.56 Å².